The van der Waals surface area contributed by atoms with Crippen molar-refractivity contribution in [3.8, 4) is 0 Å². The molecule has 0 aliphatic carbocycles. The molecule has 0 aliphatic heterocycles. The molecule has 0 spiro atoms. The smallest absolute Gasteiger partial charge is 0.246 e. The van der Waals surface area contributed by atoms with Crippen LogP contribution in [-0.2, 0) is 21.3 Å². The molecule has 116 valence electrons. The third kappa shape index (κ3) is 5.05. The van der Waals surface area contributed by atoms with Gasteiger partial charge in [0.05, 0.1) is 18.9 Å². The van der Waals surface area contributed by atoms with Crippen LogP contribution in [-0.4, -0.2) is 54.7 Å². The fourth-order valence-corrected chi connectivity index (χ4v) is 2.77. The van der Waals surface area contributed by atoms with Crippen molar-refractivity contribution in [1.82, 2.24) is 14.1 Å². The molecular weight excluding hydrogens is 302 g/mol. The molecule has 6 nitrogen and oxygen atoms in total. The molecule has 0 aliphatic rings. The number of ether oxygens (including phenoxy) is 1. The molecule has 1 aromatic rings. The quantitative estimate of drug-likeness (QED) is 0.647. The van der Waals surface area contributed by atoms with Gasteiger partial charge in [0.1, 0.15) is 4.90 Å². The highest BCUT2D eigenvalue weighted by Crippen LogP contribution is 2.13. The lowest BCUT2D eigenvalue weighted by Crippen LogP contribution is -2.30. The topological polar surface area (TPSA) is 64.4 Å². The van der Waals surface area contributed by atoms with Crippen molar-refractivity contribution in [2.45, 2.75) is 37.8 Å². The fourth-order valence-electron chi connectivity index (χ4n) is 1.54. The summed E-state index contributed by atoms with van der Waals surface area (Å²) in [5.41, 5.74) is 0. The van der Waals surface area contributed by atoms with E-state index in [1.165, 1.54) is 23.7 Å². The minimum absolute atomic E-state index is 0.0874. The van der Waals surface area contributed by atoms with E-state index in [-0.39, 0.29) is 11.0 Å². The Morgan fingerprint density at radius 3 is 2.80 bits per heavy atom. The van der Waals surface area contributed by atoms with Crippen molar-refractivity contribution >= 4 is 21.6 Å². The molecule has 0 saturated heterocycles. The Balaban J connectivity index is 2.64. The van der Waals surface area contributed by atoms with Crippen LogP contribution in [0.1, 0.15) is 20.3 Å². The van der Waals surface area contributed by atoms with Crippen LogP contribution < -0.4 is 0 Å². The van der Waals surface area contributed by atoms with Gasteiger partial charge in [-0.1, -0.05) is 0 Å². The Morgan fingerprint density at radius 2 is 2.20 bits per heavy atom. The Morgan fingerprint density at radius 1 is 1.50 bits per heavy atom. The Kier molecular flexibility index (Phi) is 6.94. The van der Waals surface area contributed by atoms with Gasteiger partial charge in [-0.2, -0.15) is 9.40 Å². The van der Waals surface area contributed by atoms with Crippen LogP contribution in [0.4, 0.5) is 0 Å². The largest absolute Gasteiger partial charge is 0.377 e. The molecule has 0 bridgehead atoms. The normalized spacial score (nSPS) is 12.5. The molecule has 0 N–H and O–H groups in total. The summed E-state index contributed by atoms with van der Waals surface area (Å²) in [6, 6.07) is 0. The molecular formula is C12H22ClN3O3S. The first kappa shape index (κ1) is 17.4. The number of likely N-dealkylation sites (N-methyl/N-ethyl adjacent to an activating group) is 1. The van der Waals surface area contributed by atoms with Gasteiger partial charge in [-0.3, -0.25) is 4.68 Å². The lowest BCUT2D eigenvalue weighted by Gasteiger charge is -2.16. The lowest BCUT2D eigenvalue weighted by atomic mass is 10.5. The summed E-state index contributed by atoms with van der Waals surface area (Å²) in [4.78, 5) is 0.194. The van der Waals surface area contributed by atoms with E-state index < -0.39 is 10.0 Å². The number of aryl methyl sites for hydroxylation is 1. The first-order chi connectivity index (χ1) is 9.37. The van der Waals surface area contributed by atoms with Crippen molar-refractivity contribution in [2.75, 3.05) is 26.1 Å². The van der Waals surface area contributed by atoms with Crippen molar-refractivity contribution in [3.05, 3.63) is 12.4 Å². The highest BCUT2D eigenvalue weighted by molar-refractivity contribution is 7.89. The number of alkyl halides is 1. The second kappa shape index (κ2) is 7.97. The van der Waals surface area contributed by atoms with E-state index in [0.717, 1.165) is 6.42 Å². The molecule has 0 unspecified atom stereocenters. The second-order valence-corrected chi connectivity index (χ2v) is 7.15. The van der Waals surface area contributed by atoms with Gasteiger partial charge in [0.25, 0.3) is 0 Å². The van der Waals surface area contributed by atoms with Gasteiger partial charge in [-0.25, -0.2) is 8.42 Å². The zero-order valence-electron chi connectivity index (χ0n) is 12.1. The molecule has 0 atom stereocenters. The van der Waals surface area contributed by atoms with E-state index in [4.69, 9.17) is 16.3 Å². The Hall–Kier alpha value is -0.630. The zero-order chi connectivity index (χ0) is 15.2. The number of halogens is 1. The van der Waals surface area contributed by atoms with Crippen LogP contribution >= 0.6 is 11.6 Å². The molecule has 0 amide bonds. The number of aromatic nitrogens is 2. The van der Waals surface area contributed by atoms with E-state index in [0.29, 0.717) is 25.6 Å². The Labute approximate surface area is 125 Å². The minimum atomic E-state index is -3.50. The molecule has 0 saturated carbocycles. The van der Waals surface area contributed by atoms with Gasteiger partial charge in [0, 0.05) is 32.2 Å². The van der Waals surface area contributed by atoms with E-state index in [1.807, 2.05) is 13.8 Å². The van der Waals surface area contributed by atoms with Gasteiger partial charge < -0.3 is 4.74 Å². The van der Waals surface area contributed by atoms with Crippen LogP contribution in [0.5, 0.6) is 0 Å². The van der Waals surface area contributed by atoms with E-state index in [1.54, 1.807) is 4.68 Å². The fraction of sp³-hybridized carbons (Fsp3) is 0.750. The SMILES string of the molecule is CC(C)OCCN(C)S(=O)(=O)c1cnn(CCCCl)c1. The van der Waals surface area contributed by atoms with Crippen molar-refractivity contribution in [3.63, 3.8) is 0 Å². The second-order valence-electron chi connectivity index (χ2n) is 4.73. The predicted octanol–water partition coefficient (Wildman–Crippen LogP) is 1.56. The first-order valence-electron chi connectivity index (χ1n) is 6.54. The zero-order valence-corrected chi connectivity index (χ0v) is 13.7. The van der Waals surface area contributed by atoms with Crippen molar-refractivity contribution in [1.29, 1.82) is 0 Å². The average Bonchev–Trinajstić information content (AvgIpc) is 2.85. The summed E-state index contributed by atoms with van der Waals surface area (Å²) in [5.74, 6) is 0.522. The van der Waals surface area contributed by atoms with E-state index in [9.17, 15) is 8.42 Å². The molecule has 0 radical (unpaired) electrons. The summed E-state index contributed by atoms with van der Waals surface area (Å²) in [7, 11) is -1.97. The average molecular weight is 324 g/mol. The van der Waals surface area contributed by atoms with Crippen molar-refractivity contribution in [2.24, 2.45) is 0 Å². The van der Waals surface area contributed by atoms with Crippen LogP contribution in [0.25, 0.3) is 0 Å². The highest BCUT2D eigenvalue weighted by Gasteiger charge is 2.22. The summed E-state index contributed by atoms with van der Waals surface area (Å²) >= 11 is 5.60. The van der Waals surface area contributed by atoms with Crippen molar-refractivity contribution < 1.29 is 13.2 Å². The summed E-state index contributed by atoms with van der Waals surface area (Å²) in [6.45, 7) is 5.12. The minimum Gasteiger partial charge on any atom is -0.377 e. The monoisotopic (exact) mass is 323 g/mol. The van der Waals surface area contributed by atoms with Gasteiger partial charge >= 0.3 is 0 Å². The standard InChI is InChI=1S/C12H22ClN3O3S/c1-11(2)19-8-7-15(3)20(17,18)12-9-14-16(10-12)6-4-5-13/h9-11H,4-8H2,1-3H3. The first-order valence-corrected chi connectivity index (χ1v) is 8.51. The highest BCUT2D eigenvalue weighted by atomic mass is 35.5. The summed E-state index contributed by atoms with van der Waals surface area (Å²) in [6.07, 6.45) is 3.73. The van der Waals surface area contributed by atoms with Crippen LogP contribution in [0.2, 0.25) is 0 Å². The maximum absolute atomic E-state index is 12.3. The van der Waals surface area contributed by atoms with Gasteiger partial charge in [-0.15, -0.1) is 11.6 Å². The molecule has 20 heavy (non-hydrogen) atoms. The Bertz CT molecular complexity index is 502. The predicted molar refractivity (Wildman–Crippen MR) is 78.5 cm³/mol. The van der Waals surface area contributed by atoms with Crippen LogP contribution in [0, 0.1) is 0 Å². The maximum Gasteiger partial charge on any atom is 0.246 e. The summed E-state index contributed by atoms with van der Waals surface area (Å²) in [5, 5.41) is 4.03. The van der Waals surface area contributed by atoms with Gasteiger partial charge in [-0.05, 0) is 20.3 Å². The molecule has 1 heterocycles. The summed E-state index contributed by atoms with van der Waals surface area (Å²) < 4.78 is 32.8. The molecule has 8 heteroatoms. The molecule has 0 fully saturated rings. The third-order valence-electron chi connectivity index (χ3n) is 2.70. The third-order valence-corrected chi connectivity index (χ3v) is 4.77. The van der Waals surface area contributed by atoms with Crippen LogP contribution in [0.3, 0.4) is 0 Å². The van der Waals surface area contributed by atoms with Gasteiger partial charge in [0.2, 0.25) is 10.0 Å². The van der Waals surface area contributed by atoms with E-state index in [2.05, 4.69) is 5.10 Å². The maximum atomic E-state index is 12.3. The molecule has 0 aromatic carbocycles. The van der Waals surface area contributed by atoms with E-state index >= 15 is 0 Å². The number of rotatable bonds is 9. The molecule has 1 aromatic heterocycles. The van der Waals surface area contributed by atoms with Crippen LogP contribution in [0.15, 0.2) is 17.3 Å². The number of hydrogen-bond acceptors (Lipinski definition) is 4. The lowest BCUT2D eigenvalue weighted by molar-refractivity contribution is 0.0737. The van der Waals surface area contributed by atoms with Gasteiger partial charge in [0.15, 0.2) is 0 Å². The number of sulfonamides is 1. The number of hydrogen-bond donors (Lipinski definition) is 0. The molecule has 1 rings (SSSR count). The number of nitrogens with zero attached hydrogens (tertiary/aromatic N) is 3.